The zero-order valence-electron chi connectivity index (χ0n) is 8.18. The second-order valence-electron chi connectivity index (χ2n) is 3.62. The van der Waals surface area contributed by atoms with Crippen LogP contribution in [0.4, 0.5) is 0 Å². The van der Waals surface area contributed by atoms with Gasteiger partial charge in [0.15, 0.2) is 6.29 Å². The fraction of sp³-hybridized carbons (Fsp3) is 0.364. The molecule has 0 aromatic heterocycles. The highest BCUT2D eigenvalue weighted by atomic mass is 32.2. The summed E-state index contributed by atoms with van der Waals surface area (Å²) in [6.07, 6.45) is 5.60. The van der Waals surface area contributed by atoms with Crippen molar-refractivity contribution in [1.82, 2.24) is 0 Å². The van der Waals surface area contributed by atoms with E-state index < -0.39 is 0 Å². The van der Waals surface area contributed by atoms with E-state index in [1.54, 1.807) is 18.0 Å². The summed E-state index contributed by atoms with van der Waals surface area (Å²) in [6, 6.07) is 0. The van der Waals surface area contributed by atoms with Crippen LogP contribution < -0.4 is 0 Å². The maximum Gasteiger partial charge on any atom is 0.176 e. The van der Waals surface area contributed by atoms with E-state index >= 15 is 0 Å². The lowest BCUT2D eigenvalue weighted by Gasteiger charge is -2.34. The minimum absolute atomic E-state index is 0.264. The molecule has 0 N–H and O–H groups in total. The quantitative estimate of drug-likeness (QED) is 0.679. The summed E-state index contributed by atoms with van der Waals surface area (Å²) >= 11 is 1.68. The van der Waals surface area contributed by atoms with E-state index in [1.807, 2.05) is 6.08 Å². The van der Waals surface area contributed by atoms with Crippen molar-refractivity contribution in [2.24, 2.45) is 10.4 Å². The standard InChI is InChI=1S/C11H11NO2S/c1-8-11(10-13-5-6-14-10)3-7-15-9(11)2-4-12-8/h2-4,7,10H,1,5-6H2. The lowest BCUT2D eigenvalue weighted by molar-refractivity contribution is -0.0859. The Morgan fingerprint density at radius 3 is 3.07 bits per heavy atom. The largest absolute Gasteiger partial charge is 0.349 e. The SMILES string of the molecule is C=C1N=CC=C2SC=CC12C1OCCO1. The zero-order valence-corrected chi connectivity index (χ0v) is 9.00. The Morgan fingerprint density at radius 1 is 1.47 bits per heavy atom. The van der Waals surface area contributed by atoms with Crippen molar-refractivity contribution in [3.8, 4) is 0 Å². The van der Waals surface area contributed by atoms with Crippen LogP contribution in [0, 0.1) is 5.41 Å². The highest BCUT2D eigenvalue weighted by molar-refractivity contribution is 8.06. The predicted octanol–water partition coefficient (Wildman–Crippen LogP) is 2.09. The molecule has 0 radical (unpaired) electrons. The summed E-state index contributed by atoms with van der Waals surface area (Å²) in [4.78, 5) is 5.46. The number of fused-ring (bicyclic) bond motifs is 1. The number of hydrogen-bond donors (Lipinski definition) is 0. The average Bonchev–Trinajstić information content (AvgIpc) is 2.86. The molecule has 1 fully saturated rings. The summed E-state index contributed by atoms with van der Waals surface area (Å²) in [5.74, 6) is 0. The Labute approximate surface area is 92.5 Å². The fourth-order valence-corrected chi connectivity index (χ4v) is 3.11. The Hall–Kier alpha value is -0.840. The summed E-state index contributed by atoms with van der Waals surface area (Å²) in [5.41, 5.74) is 0.434. The summed E-state index contributed by atoms with van der Waals surface area (Å²) in [7, 11) is 0. The van der Waals surface area contributed by atoms with Crippen molar-refractivity contribution in [2.75, 3.05) is 13.2 Å². The highest BCUT2D eigenvalue weighted by Gasteiger charge is 2.49. The molecule has 3 heterocycles. The average molecular weight is 221 g/mol. The van der Waals surface area contributed by atoms with Crippen molar-refractivity contribution in [3.05, 3.63) is 34.7 Å². The number of allylic oxidation sites excluding steroid dienone is 1. The van der Waals surface area contributed by atoms with Crippen LogP contribution >= 0.6 is 11.8 Å². The molecule has 3 nitrogen and oxygen atoms in total. The molecule has 0 spiro atoms. The summed E-state index contributed by atoms with van der Waals surface area (Å²) in [5, 5.41) is 2.05. The minimum atomic E-state index is -0.365. The van der Waals surface area contributed by atoms with Crippen LogP contribution in [0.15, 0.2) is 39.7 Å². The molecule has 4 heteroatoms. The monoisotopic (exact) mass is 221 g/mol. The first-order valence-electron chi connectivity index (χ1n) is 4.86. The first-order chi connectivity index (χ1) is 7.34. The third-order valence-electron chi connectivity index (χ3n) is 2.86. The van der Waals surface area contributed by atoms with Gasteiger partial charge in [-0.15, -0.1) is 11.8 Å². The molecule has 1 unspecified atom stereocenters. The van der Waals surface area contributed by atoms with Crippen molar-refractivity contribution in [3.63, 3.8) is 0 Å². The Balaban J connectivity index is 2.06. The van der Waals surface area contributed by atoms with Crippen LogP contribution in [0.25, 0.3) is 0 Å². The zero-order chi connectivity index (χ0) is 10.3. The van der Waals surface area contributed by atoms with E-state index in [1.165, 1.54) is 4.91 Å². The van der Waals surface area contributed by atoms with Gasteiger partial charge < -0.3 is 9.47 Å². The van der Waals surface area contributed by atoms with Gasteiger partial charge in [0.25, 0.3) is 0 Å². The smallest absolute Gasteiger partial charge is 0.176 e. The Kier molecular flexibility index (Phi) is 2.09. The number of aliphatic imine (C=N–C) groups is 1. The third kappa shape index (κ3) is 1.19. The third-order valence-corrected chi connectivity index (χ3v) is 3.86. The molecule has 0 aliphatic carbocycles. The number of ether oxygens (including phenoxy) is 2. The van der Waals surface area contributed by atoms with E-state index in [9.17, 15) is 0 Å². The number of thioether (sulfide) groups is 1. The lowest BCUT2D eigenvalue weighted by Crippen LogP contribution is -2.36. The van der Waals surface area contributed by atoms with Crippen LogP contribution in [-0.4, -0.2) is 25.7 Å². The highest BCUT2D eigenvalue weighted by Crippen LogP contribution is 2.54. The number of nitrogens with zero attached hydrogens (tertiary/aromatic N) is 1. The molecule has 3 aliphatic heterocycles. The number of hydrogen-bond acceptors (Lipinski definition) is 4. The van der Waals surface area contributed by atoms with E-state index in [0.29, 0.717) is 13.2 Å². The first kappa shape index (κ1) is 9.39. The van der Waals surface area contributed by atoms with Gasteiger partial charge in [-0.2, -0.15) is 0 Å². The van der Waals surface area contributed by atoms with Crippen LogP contribution in [0.1, 0.15) is 0 Å². The van der Waals surface area contributed by atoms with Crippen LogP contribution in [0.2, 0.25) is 0 Å². The van der Waals surface area contributed by atoms with E-state index in [-0.39, 0.29) is 11.7 Å². The fourth-order valence-electron chi connectivity index (χ4n) is 2.06. The van der Waals surface area contributed by atoms with Gasteiger partial charge >= 0.3 is 0 Å². The van der Waals surface area contributed by atoms with Crippen molar-refractivity contribution in [1.29, 1.82) is 0 Å². The minimum Gasteiger partial charge on any atom is -0.349 e. The van der Waals surface area contributed by atoms with Gasteiger partial charge in [0, 0.05) is 11.1 Å². The molecule has 15 heavy (non-hydrogen) atoms. The molecule has 1 saturated heterocycles. The summed E-state index contributed by atoms with van der Waals surface area (Å²) in [6.45, 7) is 5.31. The van der Waals surface area contributed by atoms with E-state index in [4.69, 9.17) is 9.47 Å². The normalized spacial score (nSPS) is 34.7. The van der Waals surface area contributed by atoms with Crippen LogP contribution in [0.3, 0.4) is 0 Å². The molecule has 0 bridgehead atoms. The molecule has 1 atom stereocenters. The second kappa shape index (κ2) is 3.33. The molecular weight excluding hydrogens is 210 g/mol. The Bertz CT molecular complexity index is 393. The van der Waals surface area contributed by atoms with Gasteiger partial charge in [0.2, 0.25) is 0 Å². The molecule has 78 valence electrons. The van der Waals surface area contributed by atoms with Crippen molar-refractivity contribution < 1.29 is 9.47 Å². The molecule has 3 rings (SSSR count). The van der Waals surface area contributed by atoms with Crippen LogP contribution in [0.5, 0.6) is 0 Å². The lowest BCUT2D eigenvalue weighted by atomic mass is 9.82. The number of rotatable bonds is 1. The van der Waals surface area contributed by atoms with Gasteiger partial charge in [0.1, 0.15) is 5.41 Å². The Morgan fingerprint density at radius 2 is 2.27 bits per heavy atom. The first-order valence-corrected chi connectivity index (χ1v) is 5.74. The van der Waals surface area contributed by atoms with E-state index in [0.717, 1.165) is 5.70 Å². The van der Waals surface area contributed by atoms with Gasteiger partial charge in [-0.05, 0) is 11.5 Å². The van der Waals surface area contributed by atoms with E-state index in [2.05, 4.69) is 23.1 Å². The molecule has 3 aliphatic rings. The van der Waals surface area contributed by atoms with Crippen molar-refractivity contribution in [2.45, 2.75) is 6.29 Å². The molecular formula is C11H11NO2S. The maximum atomic E-state index is 5.61. The molecule has 0 saturated carbocycles. The predicted molar refractivity (Wildman–Crippen MR) is 60.6 cm³/mol. The summed E-state index contributed by atoms with van der Waals surface area (Å²) < 4.78 is 11.2. The number of dihydropyridines is 1. The topological polar surface area (TPSA) is 30.8 Å². The second-order valence-corrected chi connectivity index (χ2v) is 4.57. The molecule has 0 aromatic carbocycles. The molecule has 0 amide bonds. The maximum absolute atomic E-state index is 5.61. The van der Waals surface area contributed by atoms with Crippen molar-refractivity contribution >= 4 is 18.0 Å². The van der Waals surface area contributed by atoms with Gasteiger partial charge in [0.05, 0.1) is 18.9 Å². The van der Waals surface area contributed by atoms with Crippen LogP contribution in [-0.2, 0) is 9.47 Å². The molecule has 0 aromatic rings. The van der Waals surface area contributed by atoms with Gasteiger partial charge in [-0.3, -0.25) is 4.99 Å². The van der Waals surface area contributed by atoms with Gasteiger partial charge in [-0.25, -0.2) is 0 Å². The van der Waals surface area contributed by atoms with Gasteiger partial charge in [-0.1, -0.05) is 12.7 Å².